The predicted molar refractivity (Wildman–Crippen MR) is 85.0 cm³/mol. The second-order valence-electron chi connectivity index (χ2n) is 3.51. The molecule has 0 fully saturated rings. The van der Waals surface area contributed by atoms with E-state index in [1.165, 1.54) is 11.3 Å². The van der Waals surface area contributed by atoms with Crippen LogP contribution in [0.15, 0.2) is 42.4 Å². The maximum absolute atomic E-state index is 12.0. The van der Waals surface area contributed by atoms with E-state index in [4.69, 9.17) is 0 Å². The lowest BCUT2D eigenvalue weighted by molar-refractivity contribution is 0.0950. The number of rotatable bonds is 3. The Balaban J connectivity index is 2.05. The van der Waals surface area contributed by atoms with Crippen molar-refractivity contribution >= 4 is 65.0 Å². The number of hydrogen-bond acceptors (Lipinski definition) is 2. The molecule has 1 heterocycles. The summed E-state index contributed by atoms with van der Waals surface area (Å²) in [5.41, 5.74) is 1.70. The Labute approximate surface area is 134 Å². The second kappa shape index (κ2) is 6.32. The molecule has 0 saturated heterocycles. The van der Waals surface area contributed by atoms with E-state index in [9.17, 15) is 4.79 Å². The van der Waals surface area contributed by atoms with Crippen molar-refractivity contribution in [2.45, 2.75) is 6.54 Å². The molecule has 1 N–H and O–H groups in total. The van der Waals surface area contributed by atoms with Gasteiger partial charge in [0.1, 0.15) is 0 Å². The number of hydrogen-bond donors (Lipinski definition) is 1. The van der Waals surface area contributed by atoms with E-state index < -0.39 is 0 Å². The van der Waals surface area contributed by atoms with E-state index in [2.05, 4.69) is 53.1 Å². The fourth-order valence-electron chi connectivity index (χ4n) is 1.41. The van der Waals surface area contributed by atoms with Gasteiger partial charge in [0.25, 0.3) is 5.91 Å². The van der Waals surface area contributed by atoms with Gasteiger partial charge < -0.3 is 5.32 Å². The van der Waals surface area contributed by atoms with Crippen molar-refractivity contribution in [3.8, 4) is 0 Å². The molecular formula is C12H8Br3NOS. The zero-order chi connectivity index (χ0) is 13.1. The number of halogens is 3. The first-order valence-corrected chi connectivity index (χ1v) is 8.24. The largest absolute Gasteiger partial charge is 0.348 e. The Morgan fingerprint density at radius 1 is 1.22 bits per heavy atom. The van der Waals surface area contributed by atoms with Gasteiger partial charge in [0.15, 0.2) is 0 Å². The molecular weight excluding hydrogens is 446 g/mol. The highest BCUT2D eigenvalue weighted by molar-refractivity contribution is 9.12. The molecule has 94 valence electrons. The minimum Gasteiger partial charge on any atom is -0.348 e. The zero-order valence-electron chi connectivity index (χ0n) is 9.04. The summed E-state index contributed by atoms with van der Waals surface area (Å²) in [7, 11) is 0. The molecule has 1 aromatic heterocycles. The van der Waals surface area contributed by atoms with Crippen LogP contribution < -0.4 is 5.32 Å². The molecule has 0 spiro atoms. The predicted octanol–water partition coefficient (Wildman–Crippen LogP) is 4.97. The molecule has 0 atom stereocenters. The molecule has 0 saturated carbocycles. The van der Waals surface area contributed by atoms with Crippen molar-refractivity contribution in [1.82, 2.24) is 5.32 Å². The van der Waals surface area contributed by atoms with Crippen molar-refractivity contribution < 1.29 is 4.79 Å². The van der Waals surface area contributed by atoms with Crippen LogP contribution in [0.2, 0.25) is 0 Å². The van der Waals surface area contributed by atoms with Gasteiger partial charge in [0.05, 0.1) is 13.1 Å². The molecule has 2 rings (SSSR count). The summed E-state index contributed by atoms with van der Waals surface area (Å²) in [5, 5.41) is 2.90. The van der Waals surface area contributed by atoms with Gasteiger partial charge in [-0.3, -0.25) is 4.79 Å². The van der Waals surface area contributed by atoms with E-state index in [-0.39, 0.29) is 5.91 Å². The third-order valence-corrected chi connectivity index (χ3v) is 5.41. The standard InChI is InChI=1S/C12H8Br3NOS/c13-9-4-2-1-3-7(9)6-16-12(17)8-5-10(14)18-11(8)15/h1-5H,6H2,(H,16,17). The van der Waals surface area contributed by atoms with Gasteiger partial charge in [-0.2, -0.15) is 0 Å². The van der Waals surface area contributed by atoms with Gasteiger partial charge in [-0.25, -0.2) is 0 Å². The van der Waals surface area contributed by atoms with E-state index in [1.807, 2.05) is 30.3 Å². The van der Waals surface area contributed by atoms with Crippen LogP contribution in [0.1, 0.15) is 15.9 Å². The van der Waals surface area contributed by atoms with Crippen molar-refractivity contribution in [3.63, 3.8) is 0 Å². The van der Waals surface area contributed by atoms with Gasteiger partial charge in [-0.1, -0.05) is 34.1 Å². The lowest BCUT2D eigenvalue weighted by Crippen LogP contribution is -2.22. The number of amides is 1. The third kappa shape index (κ3) is 3.44. The molecule has 0 aliphatic carbocycles. The summed E-state index contributed by atoms with van der Waals surface area (Å²) >= 11 is 11.7. The zero-order valence-corrected chi connectivity index (χ0v) is 14.6. The van der Waals surface area contributed by atoms with Crippen LogP contribution in [-0.2, 0) is 6.54 Å². The van der Waals surface area contributed by atoms with Crippen LogP contribution in [0, 0.1) is 0 Å². The van der Waals surface area contributed by atoms with Gasteiger partial charge in [-0.05, 0) is 49.6 Å². The summed E-state index contributed by atoms with van der Waals surface area (Å²) in [4.78, 5) is 12.0. The van der Waals surface area contributed by atoms with E-state index in [0.29, 0.717) is 12.1 Å². The molecule has 6 heteroatoms. The number of carbonyl (C=O) groups excluding carboxylic acids is 1. The van der Waals surface area contributed by atoms with Crippen molar-refractivity contribution in [3.05, 3.63) is 53.5 Å². The van der Waals surface area contributed by atoms with Crippen molar-refractivity contribution in [2.24, 2.45) is 0 Å². The van der Waals surface area contributed by atoms with Crippen LogP contribution in [0.4, 0.5) is 0 Å². The Morgan fingerprint density at radius 3 is 2.56 bits per heavy atom. The fraction of sp³-hybridized carbons (Fsp3) is 0.0833. The van der Waals surface area contributed by atoms with Crippen LogP contribution in [0.3, 0.4) is 0 Å². The molecule has 1 amide bonds. The normalized spacial score (nSPS) is 10.4. The van der Waals surface area contributed by atoms with E-state index in [1.54, 1.807) is 0 Å². The summed E-state index contributed by atoms with van der Waals surface area (Å²) in [5.74, 6) is -0.0837. The van der Waals surface area contributed by atoms with E-state index in [0.717, 1.165) is 17.6 Å². The van der Waals surface area contributed by atoms with Gasteiger partial charge in [-0.15, -0.1) is 11.3 Å². The quantitative estimate of drug-likeness (QED) is 0.698. The molecule has 0 bridgehead atoms. The monoisotopic (exact) mass is 451 g/mol. The maximum Gasteiger partial charge on any atom is 0.253 e. The molecule has 1 aromatic carbocycles. The lowest BCUT2D eigenvalue weighted by Gasteiger charge is -2.06. The first kappa shape index (κ1) is 14.2. The summed E-state index contributed by atoms with van der Waals surface area (Å²) in [6.07, 6.45) is 0. The molecule has 0 aliphatic rings. The SMILES string of the molecule is O=C(NCc1ccccc1Br)c1cc(Br)sc1Br. The Morgan fingerprint density at radius 2 is 1.94 bits per heavy atom. The molecule has 2 nitrogen and oxygen atoms in total. The van der Waals surface area contributed by atoms with Crippen molar-refractivity contribution in [2.75, 3.05) is 0 Å². The average Bonchev–Trinajstić information content (AvgIpc) is 2.67. The number of carbonyl (C=O) groups is 1. The maximum atomic E-state index is 12.0. The first-order chi connectivity index (χ1) is 8.58. The van der Waals surface area contributed by atoms with Crippen LogP contribution in [0.5, 0.6) is 0 Å². The third-order valence-electron chi connectivity index (χ3n) is 2.30. The summed E-state index contributed by atoms with van der Waals surface area (Å²) in [6.45, 7) is 0.500. The smallest absolute Gasteiger partial charge is 0.253 e. The Kier molecular flexibility index (Phi) is 5.00. The molecule has 0 aliphatic heterocycles. The number of thiophene rings is 1. The van der Waals surface area contributed by atoms with Gasteiger partial charge in [0.2, 0.25) is 0 Å². The Hall–Kier alpha value is -0.170. The van der Waals surface area contributed by atoms with Crippen LogP contribution in [-0.4, -0.2) is 5.91 Å². The summed E-state index contributed by atoms with van der Waals surface area (Å²) < 4.78 is 2.76. The average molecular weight is 454 g/mol. The molecule has 18 heavy (non-hydrogen) atoms. The molecule has 2 aromatic rings. The minimum absolute atomic E-state index is 0.0837. The Bertz CT molecular complexity index is 582. The second-order valence-corrected chi connectivity index (χ2v) is 8.12. The highest BCUT2D eigenvalue weighted by Gasteiger charge is 2.13. The fourth-order valence-corrected chi connectivity index (χ4v) is 4.63. The highest BCUT2D eigenvalue weighted by Crippen LogP contribution is 2.31. The first-order valence-electron chi connectivity index (χ1n) is 5.04. The topological polar surface area (TPSA) is 29.1 Å². The highest BCUT2D eigenvalue weighted by atomic mass is 79.9. The minimum atomic E-state index is -0.0837. The molecule has 0 unspecified atom stereocenters. The summed E-state index contributed by atoms with van der Waals surface area (Å²) in [6, 6.07) is 9.64. The number of nitrogens with one attached hydrogen (secondary N) is 1. The van der Waals surface area contributed by atoms with Crippen LogP contribution >= 0.6 is 59.1 Å². The molecule has 0 radical (unpaired) electrons. The lowest BCUT2D eigenvalue weighted by atomic mass is 10.2. The van der Waals surface area contributed by atoms with Gasteiger partial charge >= 0.3 is 0 Å². The van der Waals surface area contributed by atoms with Crippen LogP contribution in [0.25, 0.3) is 0 Å². The van der Waals surface area contributed by atoms with Crippen molar-refractivity contribution in [1.29, 1.82) is 0 Å². The van der Waals surface area contributed by atoms with E-state index >= 15 is 0 Å². The van der Waals surface area contributed by atoms with Gasteiger partial charge in [0, 0.05) is 11.0 Å². The number of benzene rings is 1.